The molecule has 1 aliphatic carbocycles. The van der Waals surface area contributed by atoms with Gasteiger partial charge in [-0.25, -0.2) is 4.79 Å². The Morgan fingerprint density at radius 2 is 1.94 bits per heavy atom. The van der Waals surface area contributed by atoms with E-state index in [1.807, 2.05) is 13.8 Å². The highest BCUT2D eigenvalue weighted by Gasteiger charge is 2.48. The Morgan fingerprint density at radius 1 is 1.29 bits per heavy atom. The molecule has 17 heavy (non-hydrogen) atoms. The molecular weight excluding hydrogens is 220 g/mol. The lowest BCUT2D eigenvalue weighted by molar-refractivity contribution is -0.118. The Hall–Kier alpha value is -1.29. The van der Waals surface area contributed by atoms with Crippen molar-refractivity contribution >= 4 is 5.97 Å². The van der Waals surface area contributed by atoms with Crippen LogP contribution < -0.4 is 0 Å². The molecule has 1 heterocycles. The van der Waals surface area contributed by atoms with Gasteiger partial charge in [0.05, 0.1) is 0 Å². The van der Waals surface area contributed by atoms with Gasteiger partial charge in [0.2, 0.25) is 5.76 Å². The zero-order valence-corrected chi connectivity index (χ0v) is 10.2. The lowest BCUT2D eigenvalue weighted by Crippen LogP contribution is -2.44. The molecule has 0 radical (unpaired) electrons. The number of rotatable bonds is 2. The highest BCUT2D eigenvalue weighted by molar-refractivity contribution is 5.84. The number of hydrogen-bond acceptors (Lipinski definition) is 3. The number of hydrogen-bond donors (Lipinski definition) is 2. The Bertz CT molecular complexity index is 432. The highest BCUT2D eigenvalue weighted by Crippen LogP contribution is 2.50. The number of aromatic carboxylic acids is 1. The van der Waals surface area contributed by atoms with Crippen LogP contribution in [-0.2, 0) is 5.60 Å². The smallest absolute Gasteiger partial charge is 0.371 e. The average Bonchev–Trinajstić information content (AvgIpc) is 2.72. The normalized spacial score (nSPS) is 27.9. The maximum absolute atomic E-state index is 10.8. The van der Waals surface area contributed by atoms with E-state index in [1.54, 1.807) is 6.07 Å². The molecule has 1 atom stereocenters. The molecule has 1 unspecified atom stereocenters. The fourth-order valence-electron chi connectivity index (χ4n) is 2.62. The SMILES string of the molecule is CC1(C)CCCCC1(O)c1ccc(C(=O)O)o1. The number of carboxylic acids is 1. The summed E-state index contributed by atoms with van der Waals surface area (Å²) in [5.41, 5.74) is -1.35. The first-order valence-electron chi connectivity index (χ1n) is 5.93. The van der Waals surface area contributed by atoms with Gasteiger partial charge in [0.1, 0.15) is 11.4 Å². The summed E-state index contributed by atoms with van der Waals surface area (Å²) < 4.78 is 5.27. The summed E-state index contributed by atoms with van der Waals surface area (Å²) in [5, 5.41) is 19.6. The molecule has 1 aromatic heterocycles. The molecule has 4 nitrogen and oxygen atoms in total. The van der Waals surface area contributed by atoms with E-state index in [-0.39, 0.29) is 11.2 Å². The molecule has 1 fully saturated rings. The van der Waals surface area contributed by atoms with Crippen LogP contribution in [0.3, 0.4) is 0 Å². The minimum Gasteiger partial charge on any atom is -0.475 e. The largest absolute Gasteiger partial charge is 0.475 e. The number of carbonyl (C=O) groups is 1. The maximum Gasteiger partial charge on any atom is 0.371 e. The molecule has 0 bridgehead atoms. The monoisotopic (exact) mass is 238 g/mol. The van der Waals surface area contributed by atoms with Gasteiger partial charge in [0.25, 0.3) is 0 Å². The van der Waals surface area contributed by atoms with Crippen LogP contribution in [0.1, 0.15) is 55.8 Å². The van der Waals surface area contributed by atoms with Gasteiger partial charge >= 0.3 is 5.97 Å². The molecule has 4 heteroatoms. The molecule has 0 spiro atoms. The lowest BCUT2D eigenvalue weighted by Gasteiger charge is -2.45. The lowest BCUT2D eigenvalue weighted by atomic mass is 9.64. The second-order valence-electron chi connectivity index (χ2n) is 5.42. The van der Waals surface area contributed by atoms with Crippen LogP contribution >= 0.6 is 0 Å². The summed E-state index contributed by atoms with van der Waals surface area (Å²) >= 11 is 0. The summed E-state index contributed by atoms with van der Waals surface area (Å²) in [6, 6.07) is 2.98. The van der Waals surface area contributed by atoms with Crippen LogP contribution in [0.4, 0.5) is 0 Å². The molecular formula is C13H18O4. The van der Waals surface area contributed by atoms with Crippen LogP contribution in [0.15, 0.2) is 16.5 Å². The predicted octanol–water partition coefficient (Wildman–Crippen LogP) is 2.77. The third-order valence-corrected chi connectivity index (χ3v) is 3.93. The van der Waals surface area contributed by atoms with Gasteiger partial charge in [-0.1, -0.05) is 26.7 Å². The Kier molecular flexibility index (Phi) is 2.78. The first-order chi connectivity index (χ1) is 7.87. The van der Waals surface area contributed by atoms with Crippen LogP contribution in [0, 0.1) is 5.41 Å². The van der Waals surface area contributed by atoms with Crippen molar-refractivity contribution in [2.75, 3.05) is 0 Å². The van der Waals surface area contributed by atoms with Crippen molar-refractivity contribution in [3.8, 4) is 0 Å². The first kappa shape index (κ1) is 12.2. The standard InChI is InChI=1S/C13H18O4/c1-12(2)7-3-4-8-13(12,16)10-6-5-9(17-10)11(14)15/h5-6,16H,3-4,7-8H2,1-2H3,(H,14,15). The van der Waals surface area contributed by atoms with Gasteiger partial charge in [-0.3, -0.25) is 0 Å². The quantitative estimate of drug-likeness (QED) is 0.831. The fraction of sp³-hybridized carbons (Fsp3) is 0.615. The van der Waals surface area contributed by atoms with Gasteiger partial charge in [-0.2, -0.15) is 0 Å². The van der Waals surface area contributed by atoms with E-state index in [0.29, 0.717) is 12.2 Å². The van der Waals surface area contributed by atoms with E-state index in [2.05, 4.69) is 0 Å². The second kappa shape index (κ2) is 3.88. The molecule has 0 aliphatic heterocycles. The van der Waals surface area contributed by atoms with Crippen molar-refractivity contribution in [2.24, 2.45) is 5.41 Å². The molecule has 0 amide bonds. The van der Waals surface area contributed by atoms with Crippen molar-refractivity contribution in [2.45, 2.75) is 45.1 Å². The molecule has 1 aliphatic rings. The van der Waals surface area contributed by atoms with E-state index < -0.39 is 11.6 Å². The Morgan fingerprint density at radius 3 is 2.47 bits per heavy atom. The van der Waals surface area contributed by atoms with Gasteiger partial charge < -0.3 is 14.6 Å². The highest BCUT2D eigenvalue weighted by atomic mass is 16.4. The molecule has 1 aromatic rings. The Labute approximate surface area is 100 Å². The summed E-state index contributed by atoms with van der Waals surface area (Å²) in [6.07, 6.45) is 3.55. The van der Waals surface area contributed by atoms with Crippen LogP contribution in [0.25, 0.3) is 0 Å². The van der Waals surface area contributed by atoms with E-state index in [9.17, 15) is 9.90 Å². The van der Waals surface area contributed by atoms with Crippen LogP contribution in [0.5, 0.6) is 0 Å². The fourth-order valence-corrected chi connectivity index (χ4v) is 2.62. The number of aliphatic hydroxyl groups is 1. The average molecular weight is 238 g/mol. The third kappa shape index (κ3) is 1.86. The van der Waals surface area contributed by atoms with Gasteiger partial charge in [0.15, 0.2) is 0 Å². The van der Waals surface area contributed by atoms with Gasteiger partial charge in [-0.05, 0) is 25.0 Å². The molecule has 2 rings (SSSR count). The van der Waals surface area contributed by atoms with E-state index >= 15 is 0 Å². The van der Waals surface area contributed by atoms with Crippen molar-refractivity contribution in [1.29, 1.82) is 0 Å². The number of carboxylic acid groups (broad SMARTS) is 1. The number of furan rings is 1. The molecule has 94 valence electrons. The summed E-state index contributed by atoms with van der Waals surface area (Å²) in [6.45, 7) is 3.99. The van der Waals surface area contributed by atoms with Crippen LogP contribution in [0.2, 0.25) is 0 Å². The van der Waals surface area contributed by atoms with Crippen molar-refractivity contribution in [3.63, 3.8) is 0 Å². The molecule has 0 saturated heterocycles. The van der Waals surface area contributed by atoms with Gasteiger partial charge in [-0.15, -0.1) is 0 Å². The summed E-state index contributed by atoms with van der Waals surface area (Å²) in [7, 11) is 0. The molecule has 2 N–H and O–H groups in total. The van der Waals surface area contributed by atoms with Crippen molar-refractivity contribution in [1.82, 2.24) is 0 Å². The second-order valence-corrected chi connectivity index (χ2v) is 5.42. The zero-order chi connectivity index (χ0) is 12.7. The minimum absolute atomic E-state index is 0.116. The van der Waals surface area contributed by atoms with Crippen molar-refractivity contribution in [3.05, 3.63) is 23.7 Å². The van der Waals surface area contributed by atoms with Crippen LogP contribution in [-0.4, -0.2) is 16.2 Å². The van der Waals surface area contributed by atoms with E-state index in [1.165, 1.54) is 6.07 Å². The molecule has 1 saturated carbocycles. The van der Waals surface area contributed by atoms with E-state index in [0.717, 1.165) is 19.3 Å². The van der Waals surface area contributed by atoms with Gasteiger partial charge in [0, 0.05) is 5.41 Å². The zero-order valence-electron chi connectivity index (χ0n) is 10.2. The van der Waals surface area contributed by atoms with E-state index in [4.69, 9.17) is 9.52 Å². The third-order valence-electron chi connectivity index (χ3n) is 3.93. The van der Waals surface area contributed by atoms with Crippen molar-refractivity contribution < 1.29 is 19.4 Å². The Balaban J connectivity index is 2.38. The summed E-state index contributed by atoms with van der Waals surface area (Å²) in [5.74, 6) is -0.845. The predicted molar refractivity (Wildman–Crippen MR) is 61.8 cm³/mol. The molecule has 0 aromatic carbocycles. The summed E-state index contributed by atoms with van der Waals surface area (Å²) in [4.78, 5) is 10.8. The first-order valence-corrected chi connectivity index (χ1v) is 5.93. The minimum atomic E-state index is -1.10. The topological polar surface area (TPSA) is 70.7 Å². The maximum atomic E-state index is 10.8.